The average molecular weight is 295 g/mol. The quantitative estimate of drug-likeness (QED) is 0.797. The highest BCUT2D eigenvalue weighted by molar-refractivity contribution is 5.97. The number of allylic oxidation sites excluding steroid dienone is 1. The summed E-state index contributed by atoms with van der Waals surface area (Å²) in [5.41, 5.74) is 4.74. The number of aryl methyl sites for hydroxylation is 2. The molecule has 0 aliphatic carbocycles. The van der Waals surface area contributed by atoms with Crippen LogP contribution in [0.3, 0.4) is 0 Å². The first-order valence-electron chi connectivity index (χ1n) is 7.19. The summed E-state index contributed by atoms with van der Waals surface area (Å²) in [6.07, 6.45) is 0.263. The fourth-order valence-corrected chi connectivity index (χ4v) is 2.14. The third-order valence-corrected chi connectivity index (χ3v) is 3.61. The van der Waals surface area contributed by atoms with E-state index in [-0.39, 0.29) is 12.2 Å². The molecule has 0 fully saturated rings. The van der Waals surface area contributed by atoms with Crippen LogP contribution in [0.15, 0.2) is 54.7 Å². The molecule has 2 aromatic rings. The lowest BCUT2D eigenvalue weighted by Gasteiger charge is -2.11. The van der Waals surface area contributed by atoms with E-state index >= 15 is 0 Å². The van der Waals surface area contributed by atoms with Crippen molar-refractivity contribution in [3.63, 3.8) is 0 Å². The highest BCUT2D eigenvalue weighted by Gasteiger charge is 2.08. The van der Waals surface area contributed by atoms with Gasteiger partial charge in [0.25, 0.3) is 0 Å². The molecule has 2 rings (SSSR count). The highest BCUT2D eigenvalue weighted by atomic mass is 16.5. The number of nitrogens with one attached hydrogen (secondary N) is 1. The van der Waals surface area contributed by atoms with Gasteiger partial charge in [-0.2, -0.15) is 0 Å². The van der Waals surface area contributed by atoms with Crippen molar-refractivity contribution in [3.8, 4) is 5.75 Å². The van der Waals surface area contributed by atoms with Gasteiger partial charge in [0.15, 0.2) is 5.78 Å². The highest BCUT2D eigenvalue weighted by Crippen LogP contribution is 2.18. The molecule has 0 aliphatic rings. The molecular formula is C19H21NO2. The zero-order chi connectivity index (χ0) is 16.1. The number of carbonyl (C=O) groups is 1. The number of hydrogen-bond acceptors (Lipinski definition) is 3. The van der Waals surface area contributed by atoms with Gasteiger partial charge in [-0.25, -0.2) is 0 Å². The predicted octanol–water partition coefficient (Wildman–Crippen LogP) is 4.51. The molecule has 0 atom stereocenters. The van der Waals surface area contributed by atoms with Crippen LogP contribution in [0.4, 0.5) is 5.69 Å². The Morgan fingerprint density at radius 3 is 2.36 bits per heavy atom. The molecule has 0 unspecified atom stereocenters. The second-order valence-corrected chi connectivity index (χ2v) is 5.36. The first-order valence-corrected chi connectivity index (χ1v) is 7.19. The van der Waals surface area contributed by atoms with E-state index in [0.717, 1.165) is 11.4 Å². The van der Waals surface area contributed by atoms with Crippen LogP contribution in [-0.2, 0) is 0 Å². The van der Waals surface area contributed by atoms with E-state index in [4.69, 9.17) is 4.74 Å². The zero-order valence-electron chi connectivity index (χ0n) is 13.3. The van der Waals surface area contributed by atoms with Crippen molar-refractivity contribution < 1.29 is 9.53 Å². The lowest BCUT2D eigenvalue weighted by Crippen LogP contribution is -2.06. The van der Waals surface area contributed by atoms with Gasteiger partial charge in [0.1, 0.15) is 5.75 Å². The lowest BCUT2D eigenvalue weighted by atomic mass is 10.1. The summed E-state index contributed by atoms with van der Waals surface area (Å²) >= 11 is 0. The van der Waals surface area contributed by atoms with Gasteiger partial charge in [-0.05, 0) is 61.4 Å². The van der Waals surface area contributed by atoms with Crippen molar-refractivity contribution in [1.29, 1.82) is 0 Å². The van der Waals surface area contributed by atoms with Crippen LogP contribution in [0, 0.1) is 13.8 Å². The van der Waals surface area contributed by atoms with Gasteiger partial charge >= 0.3 is 0 Å². The lowest BCUT2D eigenvalue weighted by molar-refractivity contribution is 0.0993. The molecule has 0 radical (unpaired) electrons. The fraction of sp³-hybridized carbons (Fsp3) is 0.211. The van der Waals surface area contributed by atoms with E-state index in [1.807, 2.05) is 6.07 Å². The predicted molar refractivity (Wildman–Crippen MR) is 90.6 cm³/mol. The maximum absolute atomic E-state index is 12.2. The first-order chi connectivity index (χ1) is 10.5. The third-order valence-electron chi connectivity index (χ3n) is 3.61. The molecule has 0 spiro atoms. The summed E-state index contributed by atoms with van der Waals surface area (Å²) in [5.74, 6) is 0.771. The minimum absolute atomic E-state index is 0.0315. The van der Waals surface area contributed by atoms with Crippen LogP contribution in [0.1, 0.15) is 27.9 Å². The van der Waals surface area contributed by atoms with E-state index < -0.39 is 0 Å². The number of benzene rings is 2. The van der Waals surface area contributed by atoms with Gasteiger partial charge in [0, 0.05) is 16.9 Å². The van der Waals surface area contributed by atoms with E-state index in [2.05, 4.69) is 37.9 Å². The molecule has 0 aliphatic heterocycles. The topological polar surface area (TPSA) is 38.3 Å². The van der Waals surface area contributed by atoms with Gasteiger partial charge in [0.05, 0.1) is 13.5 Å². The maximum atomic E-state index is 12.2. The summed E-state index contributed by atoms with van der Waals surface area (Å²) in [7, 11) is 1.60. The summed E-state index contributed by atoms with van der Waals surface area (Å²) in [6, 6.07) is 13.2. The van der Waals surface area contributed by atoms with Gasteiger partial charge in [-0.15, -0.1) is 0 Å². The Morgan fingerprint density at radius 2 is 1.77 bits per heavy atom. The molecule has 22 heavy (non-hydrogen) atoms. The van der Waals surface area contributed by atoms with Crippen LogP contribution in [-0.4, -0.2) is 12.9 Å². The van der Waals surface area contributed by atoms with Crippen molar-refractivity contribution in [2.24, 2.45) is 0 Å². The van der Waals surface area contributed by atoms with Crippen LogP contribution >= 0.6 is 0 Å². The summed E-state index contributed by atoms with van der Waals surface area (Å²) < 4.78 is 5.09. The molecule has 0 aromatic heterocycles. The smallest absolute Gasteiger partial charge is 0.168 e. The Balaban J connectivity index is 1.98. The van der Waals surface area contributed by atoms with Crippen molar-refractivity contribution >= 4 is 11.5 Å². The standard InChI is InChI=1S/C19H21NO2/c1-13-5-8-17(11-14(13)2)20-15(3)12-19(21)16-6-9-18(22-4)10-7-16/h5-11,20H,3,12H2,1-2,4H3. The second-order valence-electron chi connectivity index (χ2n) is 5.36. The minimum Gasteiger partial charge on any atom is -0.497 e. The molecule has 3 nitrogen and oxygen atoms in total. The maximum Gasteiger partial charge on any atom is 0.168 e. The Morgan fingerprint density at radius 1 is 1.09 bits per heavy atom. The van der Waals surface area contributed by atoms with Crippen molar-refractivity contribution in [2.75, 3.05) is 12.4 Å². The molecule has 0 amide bonds. The van der Waals surface area contributed by atoms with E-state index in [0.29, 0.717) is 11.3 Å². The number of rotatable bonds is 6. The fourth-order valence-electron chi connectivity index (χ4n) is 2.14. The number of anilines is 1. The summed E-state index contributed by atoms with van der Waals surface area (Å²) in [5, 5.41) is 3.19. The molecule has 3 heteroatoms. The number of hydrogen-bond donors (Lipinski definition) is 1. The van der Waals surface area contributed by atoms with Gasteiger partial charge in [-0.1, -0.05) is 12.6 Å². The van der Waals surface area contributed by atoms with Crippen molar-refractivity contribution in [2.45, 2.75) is 20.3 Å². The minimum atomic E-state index is 0.0315. The van der Waals surface area contributed by atoms with Gasteiger partial charge in [0.2, 0.25) is 0 Å². The Hall–Kier alpha value is -2.55. The van der Waals surface area contributed by atoms with Crippen LogP contribution in [0.2, 0.25) is 0 Å². The molecule has 114 valence electrons. The van der Waals surface area contributed by atoms with Crippen molar-refractivity contribution in [3.05, 3.63) is 71.4 Å². The van der Waals surface area contributed by atoms with Crippen LogP contribution < -0.4 is 10.1 Å². The molecule has 0 saturated carbocycles. The third kappa shape index (κ3) is 3.98. The zero-order valence-corrected chi connectivity index (χ0v) is 13.3. The van der Waals surface area contributed by atoms with E-state index in [1.54, 1.807) is 31.4 Å². The molecule has 2 aromatic carbocycles. The van der Waals surface area contributed by atoms with Crippen molar-refractivity contribution in [1.82, 2.24) is 0 Å². The number of methoxy groups -OCH3 is 1. The molecule has 0 bridgehead atoms. The van der Waals surface area contributed by atoms with E-state index in [9.17, 15) is 4.79 Å². The summed E-state index contributed by atoms with van der Waals surface area (Å²) in [6.45, 7) is 8.08. The Labute approximate surface area is 131 Å². The second kappa shape index (κ2) is 6.94. The molecule has 0 heterocycles. The van der Waals surface area contributed by atoms with Gasteiger partial charge in [-0.3, -0.25) is 4.79 Å². The summed E-state index contributed by atoms with van der Waals surface area (Å²) in [4.78, 5) is 12.2. The number of carbonyl (C=O) groups excluding carboxylic acids is 1. The van der Waals surface area contributed by atoms with Crippen LogP contribution in [0.25, 0.3) is 0 Å². The number of ether oxygens (including phenoxy) is 1. The molecule has 1 N–H and O–H groups in total. The molecule has 0 saturated heterocycles. The normalized spacial score (nSPS) is 10.1. The van der Waals surface area contributed by atoms with Gasteiger partial charge < -0.3 is 10.1 Å². The first kappa shape index (κ1) is 15.8. The monoisotopic (exact) mass is 295 g/mol. The van der Waals surface area contributed by atoms with E-state index in [1.165, 1.54) is 11.1 Å². The molecular weight excluding hydrogens is 274 g/mol. The average Bonchev–Trinajstić information content (AvgIpc) is 2.51. The van der Waals surface area contributed by atoms with Crippen LogP contribution in [0.5, 0.6) is 5.75 Å². The largest absolute Gasteiger partial charge is 0.497 e. The Kier molecular flexibility index (Phi) is 4.99. The number of Topliss-reactive ketones (excluding diaryl/α,β-unsaturated/α-hetero) is 1. The number of ketones is 1. The Bertz CT molecular complexity index is 687. The SMILES string of the molecule is C=C(CC(=O)c1ccc(OC)cc1)Nc1ccc(C)c(C)c1.